The minimum atomic E-state index is -0.936. The van der Waals surface area contributed by atoms with E-state index in [1.807, 2.05) is 13.0 Å². The molecule has 1 aromatic rings. The van der Waals surface area contributed by atoms with Gasteiger partial charge in [-0.25, -0.2) is 0 Å². The summed E-state index contributed by atoms with van der Waals surface area (Å²) in [4.78, 5) is 11.4. The van der Waals surface area contributed by atoms with Crippen LogP contribution in [0.15, 0.2) is 6.07 Å². The molecular weight excluding hydrogens is 202 g/mol. The maximum absolute atomic E-state index is 10.6. The van der Waals surface area contributed by atoms with E-state index >= 15 is 0 Å². The first-order valence-corrected chi connectivity index (χ1v) is 5.17. The second kappa shape index (κ2) is 3.03. The fraction of sp³-hybridized carbons (Fsp3) is 0.556. The largest absolute Gasteiger partial charge is 0.481 e. The highest BCUT2D eigenvalue weighted by molar-refractivity contribution is 7.06. The summed E-state index contributed by atoms with van der Waals surface area (Å²) in [5.41, 5.74) is -0.0631. The molecule has 0 aromatic carbocycles. The Morgan fingerprint density at radius 1 is 1.71 bits per heavy atom. The lowest BCUT2D eigenvalue weighted by Gasteiger charge is -2.40. The Balaban J connectivity index is 2.11. The number of aromatic nitrogens is 1. The van der Waals surface area contributed by atoms with Crippen molar-refractivity contribution in [3.05, 3.63) is 16.6 Å². The van der Waals surface area contributed by atoms with Crippen molar-refractivity contribution in [3.63, 3.8) is 0 Å². The van der Waals surface area contributed by atoms with Crippen LogP contribution in [-0.4, -0.2) is 20.6 Å². The Hall–Kier alpha value is -0.940. The van der Waals surface area contributed by atoms with Crippen molar-refractivity contribution < 1.29 is 15.0 Å². The molecule has 0 unspecified atom stereocenters. The van der Waals surface area contributed by atoms with Crippen LogP contribution >= 0.6 is 11.5 Å². The van der Waals surface area contributed by atoms with Crippen molar-refractivity contribution >= 4 is 17.5 Å². The molecule has 2 rings (SSSR count). The molecule has 2 N–H and O–H groups in total. The van der Waals surface area contributed by atoms with Gasteiger partial charge in [-0.3, -0.25) is 4.79 Å². The Labute approximate surface area is 85.4 Å². The molecule has 4 nitrogen and oxygen atoms in total. The third-order valence-electron chi connectivity index (χ3n) is 2.60. The van der Waals surface area contributed by atoms with E-state index in [1.165, 1.54) is 11.5 Å². The third-order valence-corrected chi connectivity index (χ3v) is 3.68. The van der Waals surface area contributed by atoms with E-state index in [0.29, 0.717) is 12.8 Å². The second-order valence-corrected chi connectivity index (χ2v) is 4.61. The van der Waals surface area contributed by atoms with Gasteiger partial charge in [0.25, 0.3) is 0 Å². The summed E-state index contributed by atoms with van der Waals surface area (Å²) >= 11 is 1.25. The van der Waals surface area contributed by atoms with Crippen molar-refractivity contribution in [1.82, 2.24) is 4.37 Å². The van der Waals surface area contributed by atoms with Crippen LogP contribution in [0.1, 0.15) is 23.4 Å². The first-order chi connectivity index (χ1) is 6.51. The smallest absolute Gasteiger partial charge is 0.306 e. The van der Waals surface area contributed by atoms with E-state index in [9.17, 15) is 9.90 Å². The van der Waals surface area contributed by atoms with Gasteiger partial charge in [0.15, 0.2) is 0 Å². The number of carboxylic acid groups (broad SMARTS) is 1. The predicted molar refractivity (Wildman–Crippen MR) is 51.1 cm³/mol. The van der Waals surface area contributed by atoms with E-state index in [2.05, 4.69) is 4.37 Å². The van der Waals surface area contributed by atoms with E-state index in [-0.39, 0.29) is 0 Å². The van der Waals surface area contributed by atoms with E-state index in [0.717, 1.165) is 10.6 Å². The molecule has 0 amide bonds. The Bertz CT molecular complexity index is 368. The molecule has 0 radical (unpaired) electrons. The van der Waals surface area contributed by atoms with Crippen LogP contribution in [0.2, 0.25) is 0 Å². The summed E-state index contributed by atoms with van der Waals surface area (Å²) in [6.45, 7) is 1.86. The van der Waals surface area contributed by atoms with Gasteiger partial charge < -0.3 is 10.2 Å². The zero-order valence-corrected chi connectivity index (χ0v) is 8.54. The van der Waals surface area contributed by atoms with Gasteiger partial charge in [-0.15, -0.1) is 0 Å². The number of nitrogens with zero attached hydrogens (tertiary/aromatic N) is 1. The van der Waals surface area contributed by atoms with Crippen molar-refractivity contribution in [2.75, 3.05) is 0 Å². The van der Waals surface area contributed by atoms with Gasteiger partial charge in [-0.1, -0.05) is 0 Å². The highest BCUT2D eigenvalue weighted by Gasteiger charge is 2.48. The van der Waals surface area contributed by atoms with Gasteiger partial charge in [0.1, 0.15) is 5.60 Å². The van der Waals surface area contributed by atoms with Crippen LogP contribution in [0, 0.1) is 12.8 Å². The van der Waals surface area contributed by atoms with Gasteiger partial charge in [0, 0.05) is 0 Å². The van der Waals surface area contributed by atoms with Gasteiger partial charge >= 0.3 is 5.97 Å². The fourth-order valence-corrected chi connectivity index (χ4v) is 2.57. The number of hydrogen-bond donors (Lipinski definition) is 2. The molecule has 1 saturated carbocycles. The molecule has 0 spiro atoms. The highest BCUT2D eigenvalue weighted by atomic mass is 32.1. The molecule has 76 valence electrons. The minimum absolute atomic E-state index is 0.309. The summed E-state index contributed by atoms with van der Waals surface area (Å²) in [6, 6.07) is 1.82. The summed E-state index contributed by atoms with van der Waals surface area (Å²) in [5, 5.41) is 18.7. The number of rotatable bonds is 2. The number of carbonyl (C=O) groups is 1. The molecule has 0 aliphatic heterocycles. The van der Waals surface area contributed by atoms with Crippen LogP contribution in [0.25, 0.3) is 0 Å². The van der Waals surface area contributed by atoms with Crippen LogP contribution < -0.4 is 0 Å². The second-order valence-electron chi connectivity index (χ2n) is 3.81. The molecule has 5 heteroatoms. The molecule has 1 aromatic heterocycles. The standard InChI is InChI=1S/C9H11NO3S/c1-5-2-7(14-10-5)9(13)3-6(4-9)8(11)12/h2,6,13H,3-4H2,1H3,(H,11,12). The predicted octanol–water partition coefficient (Wildman–Crippen LogP) is 1.13. The fourth-order valence-electron chi connectivity index (χ4n) is 1.71. The monoisotopic (exact) mass is 213 g/mol. The molecule has 1 aliphatic rings. The molecule has 0 bridgehead atoms. The van der Waals surface area contributed by atoms with Crippen molar-refractivity contribution in [3.8, 4) is 0 Å². The summed E-state index contributed by atoms with van der Waals surface area (Å²) in [6.07, 6.45) is 0.619. The maximum atomic E-state index is 10.6. The Morgan fingerprint density at radius 3 is 2.79 bits per heavy atom. The number of carboxylic acids is 1. The summed E-state index contributed by atoms with van der Waals surface area (Å²) < 4.78 is 4.07. The van der Waals surface area contributed by atoms with Crippen LogP contribution in [-0.2, 0) is 10.4 Å². The number of aliphatic carboxylic acids is 1. The average molecular weight is 213 g/mol. The van der Waals surface area contributed by atoms with Crippen LogP contribution in [0.3, 0.4) is 0 Å². The third kappa shape index (κ3) is 1.42. The molecular formula is C9H11NO3S. The molecule has 1 heterocycles. The van der Waals surface area contributed by atoms with E-state index in [4.69, 9.17) is 5.11 Å². The zero-order valence-electron chi connectivity index (χ0n) is 7.73. The molecule has 0 saturated heterocycles. The zero-order chi connectivity index (χ0) is 10.3. The minimum Gasteiger partial charge on any atom is -0.481 e. The van der Waals surface area contributed by atoms with Crippen molar-refractivity contribution in [2.24, 2.45) is 5.92 Å². The normalized spacial score (nSPS) is 31.1. The molecule has 1 aliphatic carbocycles. The summed E-state index contributed by atoms with van der Waals surface area (Å²) in [5.74, 6) is -1.22. The molecule has 1 fully saturated rings. The van der Waals surface area contributed by atoms with Crippen LogP contribution in [0.5, 0.6) is 0 Å². The van der Waals surface area contributed by atoms with Crippen LogP contribution in [0.4, 0.5) is 0 Å². The lowest BCUT2D eigenvalue weighted by Crippen LogP contribution is -2.43. The number of aryl methyl sites for hydroxylation is 1. The lowest BCUT2D eigenvalue weighted by atomic mass is 9.70. The van der Waals surface area contributed by atoms with Gasteiger partial charge in [-0.05, 0) is 37.4 Å². The van der Waals surface area contributed by atoms with E-state index < -0.39 is 17.5 Å². The van der Waals surface area contributed by atoms with E-state index in [1.54, 1.807) is 0 Å². The van der Waals surface area contributed by atoms with Crippen molar-refractivity contribution in [1.29, 1.82) is 0 Å². The number of aliphatic hydroxyl groups is 1. The Morgan fingerprint density at radius 2 is 2.36 bits per heavy atom. The highest BCUT2D eigenvalue weighted by Crippen LogP contribution is 2.47. The molecule has 0 atom stereocenters. The van der Waals surface area contributed by atoms with Crippen molar-refractivity contribution in [2.45, 2.75) is 25.4 Å². The average Bonchev–Trinajstić information content (AvgIpc) is 2.45. The first kappa shape index (κ1) is 9.61. The Kier molecular flexibility index (Phi) is 2.08. The quantitative estimate of drug-likeness (QED) is 0.772. The lowest BCUT2D eigenvalue weighted by molar-refractivity contribution is -0.159. The van der Waals surface area contributed by atoms with Gasteiger partial charge in [-0.2, -0.15) is 4.37 Å². The molecule has 14 heavy (non-hydrogen) atoms. The number of hydrogen-bond acceptors (Lipinski definition) is 4. The maximum Gasteiger partial charge on any atom is 0.306 e. The van der Waals surface area contributed by atoms with Gasteiger partial charge in [0.05, 0.1) is 16.5 Å². The van der Waals surface area contributed by atoms with Gasteiger partial charge in [0.2, 0.25) is 0 Å². The topological polar surface area (TPSA) is 70.4 Å². The SMILES string of the molecule is Cc1cc(C2(O)CC(C(=O)O)C2)sn1. The summed E-state index contributed by atoms with van der Waals surface area (Å²) in [7, 11) is 0. The first-order valence-electron chi connectivity index (χ1n) is 4.40.